The van der Waals surface area contributed by atoms with E-state index in [4.69, 9.17) is 5.73 Å². The van der Waals surface area contributed by atoms with E-state index < -0.39 is 0 Å². The van der Waals surface area contributed by atoms with Crippen molar-refractivity contribution >= 4 is 23.3 Å². The molecule has 1 aliphatic rings. The minimum Gasteiger partial charge on any atom is -0.394 e. The number of hydrogen-bond acceptors (Lipinski definition) is 4. The van der Waals surface area contributed by atoms with Crippen LogP contribution in [0.1, 0.15) is 19.0 Å². The van der Waals surface area contributed by atoms with Crippen LogP contribution >= 0.6 is 11.8 Å². The summed E-state index contributed by atoms with van der Waals surface area (Å²) >= 11 is 2.03. The highest BCUT2D eigenvalue weighted by atomic mass is 32.2. The second kappa shape index (κ2) is 4.99. The molecule has 16 heavy (non-hydrogen) atoms. The molecule has 90 valence electrons. The standard InChI is InChI=1S/C11H20N4S/c1-3-15-11(10(12)9(2)13-15)14-5-4-7-16-8-6-14/h3-8,12H2,1-2H3. The van der Waals surface area contributed by atoms with Gasteiger partial charge in [-0.25, -0.2) is 4.68 Å². The summed E-state index contributed by atoms with van der Waals surface area (Å²) < 4.78 is 2.03. The van der Waals surface area contributed by atoms with Crippen LogP contribution in [0.4, 0.5) is 11.5 Å². The van der Waals surface area contributed by atoms with Gasteiger partial charge in [0.1, 0.15) is 0 Å². The maximum absolute atomic E-state index is 6.13. The number of hydrogen-bond donors (Lipinski definition) is 1. The van der Waals surface area contributed by atoms with E-state index in [9.17, 15) is 0 Å². The zero-order valence-electron chi connectivity index (χ0n) is 10.1. The van der Waals surface area contributed by atoms with Gasteiger partial charge in [0.25, 0.3) is 0 Å². The van der Waals surface area contributed by atoms with Crippen molar-refractivity contribution in [3.05, 3.63) is 5.69 Å². The van der Waals surface area contributed by atoms with Gasteiger partial charge in [0.15, 0.2) is 5.82 Å². The lowest BCUT2D eigenvalue weighted by atomic mass is 10.3. The molecule has 0 atom stereocenters. The third kappa shape index (κ3) is 2.14. The van der Waals surface area contributed by atoms with Crippen LogP contribution in [0, 0.1) is 6.92 Å². The van der Waals surface area contributed by atoms with Gasteiger partial charge in [-0.1, -0.05) is 0 Å². The fraction of sp³-hybridized carbons (Fsp3) is 0.727. The quantitative estimate of drug-likeness (QED) is 0.855. The van der Waals surface area contributed by atoms with E-state index in [1.165, 1.54) is 17.9 Å². The van der Waals surface area contributed by atoms with Gasteiger partial charge in [0, 0.05) is 25.4 Å². The van der Waals surface area contributed by atoms with Gasteiger partial charge in [-0.05, 0) is 26.0 Å². The van der Waals surface area contributed by atoms with Crippen LogP contribution in [0.3, 0.4) is 0 Å². The van der Waals surface area contributed by atoms with E-state index in [0.717, 1.165) is 36.8 Å². The van der Waals surface area contributed by atoms with Crippen LogP contribution in [0.2, 0.25) is 0 Å². The minimum absolute atomic E-state index is 0.855. The predicted molar refractivity (Wildman–Crippen MR) is 71.2 cm³/mol. The molecule has 0 spiro atoms. The average molecular weight is 240 g/mol. The first-order valence-electron chi connectivity index (χ1n) is 5.89. The SMILES string of the molecule is CCn1nc(C)c(N)c1N1CCCSCC1. The Labute approximate surface area is 101 Å². The molecule has 1 aromatic heterocycles. The number of aryl methyl sites for hydroxylation is 2. The zero-order chi connectivity index (χ0) is 11.5. The van der Waals surface area contributed by atoms with Crippen LogP contribution in [0.25, 0.3) is 0 Å². The normalized spacial score (nSPS) is 17.5. The van der Waals surface area contributed by atoms with Gasteiger partial charge < -0.3 is 10.6 Å². The summed E-state index contributed by atoms with van der Waals surface area (Å²) in [5, 5.41) is 4.48. The molecule has 0 aliphatic carbocycles. The van der Waals surface area contributed by atoms with E-state index in [1.54, 1.807) is 0 Å². The molecule has 5 heteroatoms. The van der Waals surface area contributed by atoms with E-state index in [1.807, 2.05) is 23.4 Å². The molecule has 0 radical (unpaired) electrons. The largest absolute Gasteiger partial charge is 0.394 e. The third-order valence-electron chi connectivity index (χ3n) is 2.97. The van der Waals surface area contributed by atoms with Crippen LogP contribution in [0.15, 0.2) is 0 Å². The van der Waals surface area contributed by atoms with E-state index in [-0.39, 0.29) is 0 Å². The lowest BCUT2D eigenvalue weighted by Crippen LogP contribution is -2.28. The van der Waals surface area contributed by atoms with Crippen LogP contribution < -0.4 is 10.6 Å². The van der Waals surface area contributed by atoms with Crippen LogP contribution in [-0.2, 0) is 6.54 Å². The van der Waals surface area contributed by atoms with Crippen LogP contribution in [-0.4, -0.2) is 34.4 Å². The maximum atomic E-state index is 6.13. The molecule has 1 aliphatic heterocycles. The molecule has 0 amide bonds. The summed E-state index contributed by atoms with van der Waals surface area (Å²) in [4.78, 5) is 2.39. The summed E-state index contributed by atoms with van der Waals surface area (Å²) in [7, 11) is 0. The third-order valence-corrected chi connectivity index (χ3v) is 4.02. The number of aromatic nitrogens is 2. The second-order valence-electron chi connectivity index (χ2n) is 4.09. The van der Waals surface area contributed by atoms with Gasteiger partial charge in [-0.15, -0.1) is 0 Å². The minimum atomic E-state index is 0.855. The van der Waals surface area contributed by atoms with E-state index in [0.29, 0.717) is 0 Å². The topological polar surface area (TPSA) is 47.1 Å². The fourth-order valence-electron chi connectivity index (χ4n) is 2.10. The highest BCUT2D eigenvalue weighted by Gasteiger charge is 2.19. The summed E-state index contributed by atoms with van der Waals surface area (Å²) in [6.45, 7) is 7.17. The number of thioether (sulfide) groups is 1. The molecule has 2 rings (SSSR count). The van der Waals surface area contributed by atoms with Crippen molar-refractivity contribution in [3.63, 3.8) is 0 Å². The molecule has 0 aromatic carbocycles. The van der Waals surface area contributed by atoms with Gasteiger partial charge >= 0.3 is 0 Å². The molecule has 0 unspecified atom stereocenters. The van der Waals surface area contributed by atoms with Gasteiger partial charge in [0.05, 0.1) is 11.4 Å². The summed E-state index contributed by atoms with van der Waals surface area (Å²) in [5.74, 6) is 3.57. The van der Waals surface area contributed by atoms with Crippen molar-refractivity contribution in [3.8, 4) is 0 Å². The Morgan fingerprint density at radius 2 is 2.19 bits per heavy atom. The summed E-state index contributed by atoms with van der Waals surface area (Å²) in [6.07, 6.45) is 1.23. The molecule has 1 aromatic rings. The smallest absolute Gasteiger partial charge is 0.150 e. The lowest BCUT2D eigenvalue weighted by molar-refractivity contribution is 0.632. The average Bonchev–Trinajstić information content (AvgIpc) is 2.51. The molecule has 4 nitrogen and oxygen atoms in total. The van der Waals surface area contributed by atoms with Gasteiger partial charge in [0.2, 0.25) is 0 Å². The Morgan fingerprint density at radius 3 is 2.94 bits per heavy atom. The first-order chi connectivity index (χ1) is 7.74. The highest BCUT2D eigenvalue weighted by Crippen LogP contribution is 2.28. The first-order valence-corrected chi connectivity index (χ1v) is 7.05. The Balaban J connectivity index is 2.29. The molecular formula is C11H20N4S. The van der Waals surface area contributed by atoms with Crippen molar-refractivity contribution < 1.29 is 0 Å². The van der Waals surface area contributed by atoms with Gasteiger partial charge in [-0.3, -0.25) is 0 Å². The van der Waals surface area contributed by atoms with Crippen molar-refractivity contribution in [2.75, 3.05) is 35.2 Å². The summed E-state index contributed by atoms with van der Waals surface area (Å²) in [6, 6.07) is 0. The predicted octanol–water partition coefficient (Wildman–Crippen LogP) is 1.74. The van der Waals surface area contributed by atoms with Crippen LogP contribution in [0.5, 0.6) is 0 Å². The monoisotopic (exact) mass is 240 g/mol. The molecule has 0 bridgehead atoms. The second-order valence-corrected chi connectivity index (χ2v) is 5.32. The van der Waals surface area contributed by atoms with E-state index >= 15 is 0 Å². The number of nitrogens with zero attached hydrogens (tertiary/aromatic N) is 3. The van der Waals surface area contributed by atoms with E-state index in [2.05, 4.69) is 16.9 Å². The zero-order valence-corrected chi connectivity index (χ0v) is 10.9. The lowest BCUT2D eigenvalue weighted by Gasteiger charge is -2.23. The summed E-state index contributed by atoms with van der Waals surface area (Å²) in [5.41, 5.74) is 7.94. The Morgan fingerprint density at radius 1 is 1.38 bits per heavy atom. The van der Waals surface area contributed by atoms with Crippen molar-refractivity contribution in [2.24, 2.45) is 0 Å². The maximum Gasteiger partial charge on any atom is 0.150 e. The number of anilines is 2. The van der Waals surface area contributed by atoms with Gasteiger partial charge in [-0.2, -0.15) is 16.9 Å². The number of nitrogens with two attached hydrogens (primary N) is 1. The fourth-order valence-corrected chi connectivity index (χ4v) is 2.98. The molecule has 2 heterocycles. The van der Waals surface area contributed by atoms with Crippen molar-refractivity contribution in [1.29, 1.82) is 0 Å². The number of nitrogen functional groups attached to an aromatic ring is 1. The molecule has 2 N–H and O–H groups in total. The molecule has 1 fully saturated rings. The molecular weight excluding hydrogens is 220 g/mol. The number of rotatable bonds is 2. The van der Waals surface area contributed by atoms with Crippen molar-refractivity contribution in [2.45, 2.75) is 26.8 Å². The van der Waals surface area contributed by atoms with Crippen molar-refractivity contribution in [1.82, 2.24) is 9.78 Å². The Kier molecular flexibility index (Phi) is 3.63. The Bertz CT molecular complexity index is 353. The Hall–Kier alpha value is -0.840. The molecule has 0 saturated carbocycles. The first kappa shape index (κ1) is 11.6. The molecule has 1 saturated heterocycles. The highest BCUT2D eigenvalue weighted by molar-refractivity contribution is 7.99.